The third-order valence-electron chi connectivity index (χ3n) is 1.66. The Balaban J connectivity index is 2.61. The standard InChI is InChI=1S/C10H15ClSSi/c1-13(2,3)10(11)12-9-7-5-4-6-8-9/h4-8,10H,1-3H3. The van der Waals surface area contributed by atoms with Crippen molar-refractivity contribution >= 4 is 31.4 Å². The van der Waals surface area contributed by atoms with Crippen molar-refractivity contribution in [3.63, 3.8) is 0 Å². The Morgan fingerprint density at radius 1 is 1.15 bits per heavy atom. The summed E-state index contributed by atoms with van der Waals surface area (Å²) >= 11 is 8.09. The molecule has 72 valence electrons. The van der Waals surface area contributed by atoms with Gasteiger partial charge in [-0.05, 0) is 12.1 Å². The van der Waals surface area contributed by atoms with E-state index < -0.39 is 8.07 Å². The minimum Gasteiger partial charge on any atom is -0.115 e. The number of halogens is 1. The maximum Gasteiger partial charge on any atom is 0.0779 e. The summed E-state index contributed by atoms with van der Waals surface area (Å²) in [7, 11) is -1.22. The van der Waals surface area contributed by atoms with E-state index in [1.54, 1.807) is 11.8 Å². The third-order valence-corrected chi connectivity index (χ3v) is 8.48. The Morgan fingerprint density at radius 3 is 2.15 bits per heavy atom. The monoisotopic (exact) mass is 230 g/mol. The summed E-state index contributed by atoms with van der Waals surface area (Å²) in [6, 6.07) is 10.4. The van der Waals surface area contributed by atoms with E-state index in [1.165, 1.54) is 4.90 Å². The van der Waals surface area contributed by atoms with Crippen LogP contribution in [0.2, 0.25) is 19.6 Å². The Kier molecular flexibility index (Phi) is 3.89. The largest absolute Gasteiger partial charge is 0.115 e. The molecule has 1 unspecified atom stereocenters. The highest BCUT2D eigenvalue weighted by Gasteiger charge is 2.25. The second-order valence-corrected chi connectivity index (χ2v) is 12.1. The summed E-state index contributed by atoms with van der Waals surface area (Å²) in [5, 5.41) is 0. The lowest BCUT2D eigenvalue weighted by molar-refractivity contribution is 1.45. The minimum absolute atomic E-state index is 0.259. The van der Waals surface area contributed by atoms with E-state index in [4.69, 9.17) is 11.6 Å². The second kappa shape index (κ2) is 4.53. The smallest absolute Gasteiger partial charge is 0.0779 e. The molecular weight excluding hydrogens is 216 g/mol. The maximum absolute atomic E-state index is 6.32. The van der Waals surface area contributed by atoms with Crippen LogP contribution in [0.4, 0.5) is 0 Å². The van der Waals surface area contributed by atoms with Gasteiger partial charge in [0, 0.05) is 4.90 Å². The number of hydrogen-bond acceptors (Lipinski definition) is 1. The molecule has 0 bridgehead atoms. The Labute approximate surface area is 90.7 Å². The molecule has 1 rings (SSSR count). The van der Waals surface area contributed by atoms with Gasteiger partial charge in [0.05, 0.1) is 12.4 Å². The fraction of sp³-hybridized carbons (Fsp3) is 0.400. The molecule has 0 N–H and O–H groups in total. The van der Waals surface area contributed by atoms with Crippen LogP contribution in [0.5, 0.6) is 0 Å². The van der Waals surface area contributed by atoms with Crippen LogP contribution in [-0.2, 0) is 0 Å². The van der Waals surface area contributed by atoms with E-state index in [-0.39, 0.29) is 4.33 Å². The van der Waals surface area contributed by atoms with Crippen LogP contribution >= 0.6 is 23.4 Å². The van der Waals surface area contributed by atoms with Crippen LogP contribution in [0.1, 0.15) is 0 Å². The molecule has 0 radical (unpaired) electrons. The van der Waals surface area contributed by atoms with E-state index in [0.717, 1.165) is 0 Å². The van der Waals surface area contributed by atoms with E-state index >= 15 is 0 Å². The highest BCUT2D eigenvalue weighted by molar-refractivity contribution is 8.03. The van der Waals surface area contributed by atoms with Crippen molar-refractivity contribution in [1.82, 2.24) is 0 Å². The molecule has 3 heteroatoms. The normalized spacial score (nSPS) is 14.2. The molecule has 1 aromatic rings. The van der Waals surface area contributed by atoms with Crippen LogP contribution in [0.25, 0.3) is 0 Å². The zero-order valence-corrected chi connectivity index (χ0v) is 10.8. The number of benzene rings is 1. The average Bonchev–Trinajstić information content (AvgIpc) is 2.04. The van der Waals surface area contributed by atoms with Crippen molar-refractivity contribution in [3.05, 3.63) is 30.3 Å². The lowest BCUT2D eigenvalue weighted by atomic mass is 10.4. The van der Waals surface area contributed by atoms with Crippen molar-refractivity contribution in [2.75, 3.05) is 0 Å². The quantitative estimate of drug-likeness (QED) is 0.426. The topological polar surface area (TPSA) is 0 Å². The van der Waals surface area contributed by atoms with Crippen LogP contribution in [0, 0.1) is 0 Å². The van der Waals surface area contributed by atoms with Crippen molar-refractivity contribution in [2.45, 2.75) is 28.9 Å². The number of hydrogen-bond donors (Lipinski definition) is 0. The van der Waals surface area contributed by atoms with E-state index in [0.29, 0.717) is 0 Å². The molecule has 13 heavy (non-hydrogen) atoms. The third kappa shape index (κ3) is 3.75. The Bertz CT molecular complexity index is 255. The van der Waals surface area contributed by atoms with Gasteiger partial charge in [-0.2, -0.15) is 0 Å². The average molecular weight is 231 g/mol. The molecule has 1 aromatic carbocycles. The van der Waals surface area contributed by atoms with Crippen LogP contribution in [0.15, 0.2) is 35.2 Å². The summed E-state index contributed by atoms with van der Waals surface area (Å²) in [4.78, 5) is 1.27. The molecule has 0 aromatic heterocycles. The Morgan fingerprint density at radius 2 is 1.69 bits per heavy atom. The lowest BCUT2D eigenvalue weighted by Crippen LogP contribution is -2.31. The first-order valence-electron chi connectivity index (χ1n) is 4.36. The maximum atomic E-state index is 6.32. The zero-order valence-electron chi connectivity index (χ0n) is 8.25. The van der Waals surface area contributed by atoms with Crippen LogP contribution in [0.3, 0.4) is 0 Å². The molecule has 0 heterocycles. The zero-order chi connectivity index (χ0) is 9.90. The fourth-order valence-electron chi connectivity index (χ4n) is 0.795. The van der Waals surface area contributed by atoms with Gasteiger partial charge in [-0.3, -0.25) is 0 Å². The van der Waals surface area contributed by atoms with Gasteiger partial charge in [0.2, 0.25) is 0 Å². The summed E-state index contributed by atoms with van der Waals surface area (Å²) < 4.78 is 0.259. The molecule has 1 atom stereocenters. The van der Waals surface area contributed by atoms with Gasteiger partial charge in [-0.1, -0.05) is 37.8 Å². The van der Waals surface area contributed by atoms with E-state index in [1.807, 2.05) is 6.07 Å². The number of rotatable bonds is 3. The molecule has 0 aliphatic rings. The lowest BCUT2D eigenvalue weighted by Gasteiger charge is -2.22. The highest BCUT2D eigenvalue weighted by atomic mass is 35.5. The molecule has 0 aliphatic heterocycles. The summed E-state index contributed by atoms with van der Waals surface area (Å²) in [6.45, 7) is 6.88. The predicted molar refractivity (Wildman–Crippen MR) is 65.3 cm³/mol. The van der Waals surface area contributed by atoms with Gasteiger partial charge in [0.25, 0.3) is 0 Å². The molecule has 0 amide bonds. The molecule has 0 saturated carbocycles. The van der Waals surface area contributed by atoms with Crippen molar-refractivity contribution in [3.8, 4) is 0 Å². The van der Waals surface area contributed by atoms with Gasteiger partial charge < -0.3 is 0 Å². The first-order valence-corrected chi connectivity index (χ1v) is 9.25. The van der Waals surface area contributed by atoms with Crippen molar-refractivity contribution in [2.24, 2.45) is 0 Å². The summed E-state index contributed by atoms with van der Waals surface area (Å²) in [5.74, 6) is 0. The minimum atomic E-state index is -1.22. The molecular formula is C10H15ClSSi. The second-order valence-electron chi connectivity index (χ2n) is 4.11. The Hall–Kier alpha value is 0.0769. The first kappa shape index (κ1) is 11.2. The SMILES string of the molecule is C[Si](C)(C)C(Cl)Sc1ccccc1. The molecule has 0 aliphatic carbocycles. The van der Waals surface area contributed by atoms with E-state index in [2.05, 4.69) is 43.9 Å². The predicted octanol–water partition coefficient (Wildman–Crippen LogP) is 4.22. The van der Waals surface area contributed by atoms with Gasteiger partial charge in [0.1, 0.15) is 0 Å². The summed E-state index contributed by atoms with van der Waals surface area (Å²) in [6.07, 6.45) is 0. The van der Waals surface area contributed by atoms with Gasteiger partial charge in [-0.15, -0.1) is 23.4 Å². The van der Waals surface area contributed by atoms with Crippen molar-refractivity contribution < 1.29 is 0 Å². The van der Waals surface area contributed by atoms with Crippen molar-refractivity contribution in [1.29, 1.82) is 0 Å². The molecule has 0 fully saturated rings. The van der Waals surface area contributed by atoms with Crippen LogP contribution in [-0.4, -0.2) is 12.4 Å². The first-order chi connectivity index (χ1) is 6.00. The van der Waals surface area contributed by atoms with Gasteiger partial charge in [0.15, 0.2) is 0 Å². The molecule has 0 spiro atoms. The molecule has 0 saturated heterocycles. The fourth-order valence-corrected chi connectivity index (χ4v) is 3.48. The number of alkyl halides is 1. The van der Waals surface area contributed by atoms with Gasteiger partial charge in [-0.25, -0.2) is 0 Å². The van der Waals surface area contributed by atoms with E-state index in [9.17, 15) is 0 Å². The summed E-state index contributed by atoms with van der Waals surface area (Å²) in [5.41, 5.74) is 0. The molecule has 0 nitrogen and oxygen atoms in total. The van der Waals surface area contributed by atoms with Crippen LogP contribution < -0.4 is 0 Å². The van der Waals surface area contributed by atoms with Gasteiger partial charge >= 0.3 is 0 Å². The number of thioether (sulfide) groups is 1. The highest BCUT2D eigenvalue weighted by Crippen LogP contribution is 2.31.